The Hall–Kier alpha value is -3.34. The Kier molecular flexibility index (Phi) is 7.73. The summed E-state index contributed by atoms with van der Waals surface area (Å²) in [5, 5.41) is 24.0. The van der Waals surface area contributed by atoms with Gasteiger partial charge < -0.3 is 20.5 Å². The van der Waals surface area contributed by atoms with Crippen molar-refractivity contribution in [2.75, 3.05) is 25.5 Å². The number of rotatable bonds is 8. The molecule has 1 aromatic heterocycles. The van der Waals surface area contributed by atoms with Gasteiger partial charge in [0.2, 0.25) is 0 Å². The van der Waals surface area contributed by atoms with Gasteiger partial charge in [0.05, 0.1) is 23.6 Å². The summed E-state index contributed by atoms with van der Waals surface area (Å²) >= 11 is 0. The number of halogens is 2. The van der Waals surface area contributed by atoms with E-state index >= 15 is 0 Å². The number of aromatic nitrogens is 2. The average molecular weight is 526 g/mol. The minimum atomic E-state index is -0.651. The lowest BCUT2D eigenvalue weighted by Crippen LogP contribution is -2.43. The van der Waals surface area contributed by atoms with E-state index in [2.05, 4.69) is 16.0 Å². The summed E-state index contributed by atoms with van der Waals surface area (Å²) in [6, 6.07) is 12.4. The molecule has 8 nitrogen and oxygen atoms in total. The Bertz CT molecular complexity index is 1260. The number of nitrogens with one attached hydrogen (secondary N) is 3. The molecule has 0 spiro atoms. The van der Waals surface area contributed by atoms with Crippen LogP contribution in [0.3, 0.4) is 0 Å². The standard InChI is InChI=1S/C28H33F2N5O3/c1-16-26(18-10-23(36)11-18)34-35(22-6-4-3-5-7-22)27(16)33-28(37)32-24-15-31-14-19(24)12-25(38-2)17-8-20(29)13-21(30)9-17/h3-9,13,18-19,23-25,31,36H,10-12,14-15H2,1-2H3,(H2,32,33,37). The van der Waals surface area contributed by atoms with Crippen LogP contribution in [0.2, 0.25) is 0 Å². The maximum atomic E-state index is 13.8. The van der Waals surface area contributed by atoms with Crippen molar-refractivity contribution in [1.29, 1.82) is 0 Å². The molecule has 2 fully saturated rings. The fraction of sp³-hybridized carbons (Fsp3) is 0.429. The normalized spacial score (nSPS) is 23.6. The van der Waals surface area contributed by atoms with Crippen LogP contribution in [0.15, 0.2) is 48.5 Å². The summed E-state index contributed by atoms with van der Waals surface area (Å²) in [5.41, 5.74) is 2.99. The molecule has 1 aliphatic heterocycles. The first-order valence-electron chi connectivity index (χ1n) is 12.9. The lowest BCUT2D eigenvalue weighted by atomic mass is 9.79. The Labute approximate surface area is 220 Å². The molecule has 3 aromatic rings. The Morgan fingerprint density at radius 1 is 1.18 bits per heavy atom. The highest BCUT2D eigenvalue weighted by atomic mass is 19.1. The van der Waals surface area contributed by atoms with Crippen molar-refractivity contribution in [3.05, 3.63) is 77.0 Å². The molecule has 0 radical (unpaired) electrons. The number of hydrogen-bond acceptors (Lipinski definition) is 5. The zero-order valence-electron chi connectivity index (χ0n) is 21.5. The van der Waals surface area contributed by atoms with Gasteiger partial charge in [-0.25, -0.2) is 18.3 Å². The number of amides is 2. The maximum absolute atomic E-state index is 13.8. The van der Waals surface area contributed by atoms with Crippen LogP contribution in [-0.4, -0.2) is 53.3 Å². The van der Waals surface area contributed by atoms with Crippen LogP contribution in [0.5, 0.6) is 0 Å². The van der Waals surface area contributed by atoms with E-state index in [1.807, 2.05) is 37.3 Å². The summed E-state index contributed by atoms with van der Waals surface area (Å²) in [5.74, 6) is -0.578. The second-order valence-corrected chi connectivity index (χ2v) is 10.2. The van der Waals surface area contributed by atoms with E-state index in [1.165, 1.54) is 19.2 Å². The molecule has 2 aromatic carbocycles. The quantitative estimate of drug-likeness (QED) is 0.354. The molecule has 1 saturated heterocycles. The zero-order chi connectivity index (χ0) is 26.8. The minimum Gasteiger partial charge on any atom is -0.393 e. The number of methoxy groups -OCH3 is 1. The van der Waals surface area contributed by atoms with Gasteiger partial charge in [-0.15, -0.1) is 0 Å². The summed E-state index contributed by atoms with van der Waals surface area (Å²) in [7, 11) is 1.51. The predicted molar refractivity (Wildman–Crippen MR) is 139 cm³/mol. The molecule has 3 unspecified atom stereocenters. The largest absolute Gasteiger partial charge is 0.393 e. The van der Waals surface area contributed by atoms with E-state index in [1.54, 1.807) is 4.68 Å². The van der Waals surface area contributed by atoms with Crippen molar-refractivity contribution in [3.63, 3.8) is 0 Å². The van der Waals surface area contributed by atoms with Gasteiger partial charge in [-0.3, -0.25) is 5.32 Å². The number of aliphatic hydroxyl groups is 1. The third-order valence-corrected chi connectivity index (χ3v) is 7.61. The van der Waals surface area contributed by atoms with E-state index in [0.29, 0.717) is 43.7 Å². The molecule has 4 N–H and O–H groups in total. The van der Waals surface area contributed by atoms with E-state index in [9.17, 15) is 18.7 Å². The number of carbonyl (C=O) groups is 1. The number of anilines is 1. The van der Waals surface area contributed by atoms with E-state index in [-0.39, 0.29) is 30.0 Å². The van der Waals surface area contributed by atoms with Crippen LogP contribution in [0.4, 0.5) is 19.4 Å². The van der Waals surface area contributed by atoms with Crippen molar-refractivity contribution in [2.45, 2.75) is 50.4 Å². The molecular formula is C28H33F2N5O3. The molecular weight excluding hydrogens is 492 g/mol. The molecule has 2 aliphatic rings. The van der Waals surface area contributed by atoms with Gasteiger partial charge in [-0.05, 0) is 61.9 Å². The van der Waals surface area contributed by atoms with Crippen LogP contribution >= 0.6 is 0 Å². The van der Waals surface area contributed by atoms with Crippen molar-refractivity contribution >= 4 is 11.8 Å². The van der Waals surface area contributed by atoms with Crippen LogP contribution < -0.4 is 16.0 Å². The summed E-state index contributed by atoms with van der Waals surface area (Å²) in [6.07, 6.45) is 0.965. The number of aliphatic hydroxyl groups excluding tert-OH is 1. The van der Waals surface area contributed by atoms with E-state index in [0.717, 1.165) is 23.0 Å². The molecule has 1 saturated carbocycles. The van der Waals surface area contributed by atoms with Crippen molar-refractivity contribution in [2.24, 2.45) is 5.92 Å². The molecule has 202 valence electrons. The van der Waals surface area contributed by atoms with Gasteiger partial charge in [-0.2, -0.15) is 5.10 Å². The lowest BCUT2D eigenvalue weighted by Gasteiger charge is -2.30. The first-order chi connectivity index (χ1) is 18.3. The SMILES string of the molecule is COC(CC1CNCC1NC(=O)Nc1c(C)c(C2CC(O)C2)nn1-c1ccccc1)c1cc(F)cc(F)c1. The highest BCUT2D eigenvalue weighted by Crippen LogP contribution is 2.40. The first-order valence-corrected chi connectivity index (χ1v) is 12.9. The summed E-state index contributed by atoms with van der Waals surface area (Å²) in [4.78, 5) is 13.2. The smallest absolute Gasteiger partial charge is 0.320 e. The van der Waals surface area contributed by atoms with Crippen molar-refractivity contribution in [3.8, 4) is 5.69 Å². The van der Waals surface area contributed by atoms with Gasteiger partial charge in [0.25, 0.3) is 0 Å². The number of ether oxygens (including phenoxy) is 1. The van der Waals surface area contributed by atoms with Gasteiger partial charge in [-0.1, -0.05) is 18.2 Å². The number of urea groups is 1. The molecule has 1 aliphatic carbocycles. The van der Waals surface area contributed by atoms with E-state index < -0.39 is 17.7 Å². The summed E-state index contributed by atoms with van der Waals surface area (Å²) in [6.45, 7) is 3.13. The third kappa shape index (κ3) is 5.57. The maximum Gasteiger partial charge on any atom is 0.320 e. The second-order valence-electron chi connectivity index (χ2n) is 10.2. The van der Waals surface area contributed by atoms with Crippen molar-refractivity contribution < 1.29 is 23.4 Å². The summed E-state index contributed by atoms with van der Waals surface area (Å²) < 4.78 is 34.9. The minimum absolute atomic E-state index is 0.0100. The second kappa shape index (κ2) is 11.2. The Balaban J connectivity index is 1.31. The highest BCUT2D eigenvalue weighted by Gasteiger charge is 2.35. The molecule has 10 heteroatoms. The van der Waals surface area contributed by atoms with Crippen molar-refractivity contribution in [1.82, 2.24) is 20.4 Å². The fourth-order valence-corrected chi connectivity index (χ4v) is 5.48. The van der Waals surface area contributed by atoms with Crippen LogP contribution in [-0.2, 0) is 4.74 Å². The monoisotopic (exact) mass is 525 g/mol. The predicted octanol–water partition coefficient (Wildman–Crippen LogP) is 4.18. The number of nitrogens with zero attached hydrogens (tertiary/aromatic N) is 2. The number of carbonyl (C=O) groups excluding carboxylic acids is 1. The molecule has 38 heavy (non-hydrogen) atoms. The Morgan fingerprint density at radius 2 is 1.89 bits per heavy atom. The van der Waals surface area contributed by atoms with Crippen LogP contribution in [0.25, 0.3) is 5.69 Å². The topological polar surface area (TPSA) is 100 Å². The lowest BCUT2D eigenvalue weighted by molar-refractivity contribution is 0.0729. The highest BCUT2D eigenvalue weighted by molar-refractivity contribution is 5.90. The molecule has 0 bridgehead atoms. The fourth-order valence-electron chi connectivity index (χ4n) is 5.48. The first kappa shape index (κ1) is 26.3. The van der Waals surface area contributed by atoms with Gasteiger partial charge in [0.1, 0.15) is 17.5 Å². The average Bonchev–Trinajstić information content (AvgIpc) is 3.44. The van der Waals surface area contributed by atoms with Crippen LogP contribution in [0.1, 0.15) is 48.1 Å². The number of para-hydroxylation sites is 1. The Morgan fingerprint density at radius 3 is 2.55 bits per heavy atom. The van der Waals surface area contributed by atoms with Crippen LogP contribution in [0, 0.1) is 24.5 Å². The molecule has 5 rings (SSSR count). The molecule has 3 atom stereocenters. The molecule has 2 amide bonds. The van der Waals surface area contributed by atoms with Gasteiger partial charge in [0.15, 0.2) is 0 Å². The van der Waals surface area contributed by atoms with Gasteiger partial charge in [0, 0.05) is 43.8 Å². The van der Waals surface area contributed by atoms with Gasteiger partial charge >= 0.3 is 6.03 Å². The van der Waals surface area contributed by atoms with E-state index in [4.69, 9.17) is 9.84 Å². The molecule has 2 heterocycles. The zero-order valence-corrected chi connectivity index (χ0v) is 21.5. The third-order valence-electron chi connectivity index (χ3n) is 7.61. The number of benzene rings is 2. The number of hydrogen-bond donors (Lipinski definition) is 4.